The average Bonchev–Trinajstić information content (AvgIpc) is 3.76. The molecule has 12 nitrogen and oxygen atoms in total. The summed E-state index contributed by atoms with van der Waals surface area (Å²) in [7, 11) is -1.26. The van der Waals surface area contributed by atoms with Crippen molar-refractivity contribution in [2.24, 2.45) is 9.52 Å². The molecular weight excluding hydrogens is 1030 g/mol. The molecule has 4 atom stereocenters. The number of amides is 2. The fourth-order valence-corrected chi connectivity index (χ4v) is 11.2. The molecule has 3 aliphatic heterocycles. The lowest BCUT2D eigenvalue weighted by Crippen LogP contribution is -2.70. The number of alkyl halides is 1. The van der Waals surface area contributed by atoms with Gasteiger partial charge in [-0.15, -0.1) is 11.8 Å². The van der Waals surface area contributed by atoms with Gasteiger partial charge in [-0.3, -0.25) is 14.5 Å². The first kappa shape index (κ1) is 50.3. The Balaban J connectivity index is 1.08. The maximum Gasteiger partial charge on any atom is 0.356 e. The van der Waals surface area contributed by atoms with Crippen molar-refractivity contribution in [2.45, 2.75) is 75.3 Å². The highest BCUT2D eigenvalue weighted by atomic mass is 127. The topological polar surface area (TPSA) is 148 Å². The Labute approximate surface area is 429 Å². The van der Waals surface area contributed by atoms with E-state index < -0.39 is 69.2 Å². The van der Waals surface area contributed by atoms with E-state index in [2.05, 4.69) is 37.8 Å². The molecule has 0 radical (unpaired) electrons. The second-order valence-electron chi connectivity index (χ2n) is 17.6. The highest BCUT2D eigenvalue weighted by Gasteiger charge is 2.54. The number of aliphatic imine (C=N–C) groups is 1. The molecule has 3 heterocycles. The van der Waals surface area contributed by atoms with Crippen LogP contribution in [0.1, 0.15) is 74.5 Å². The minimum atomic E-state index is -1.26. The molecule has 15 heteroatoms. The van der Waals surface area contributed by atoms with Gasteiger partial charge in [0.2, 0.25) is 5.91 Å². The quantitative estimate of drug-likeness (QED) is 0.0232. The Morgan fingerprint density at radius 3 is 1.87 bits per heavy atom. The van der Waals surface area contributed by atoms with Gasteiger partial charge in [-0.25, -0.2) is 19.4 Å². The van der Waals surface area contributed by atoms with Crippen LogP contribution in [0.4, 0.5) is 0 Å². The zero-order chi connectivity index (χ0) is 49.3. The largest absolute Gasteiger partial charge is 0.458 e. The number of carbonyl (C=O) groups excluding carboxylic acids is 4. The molecule has 0 aromatic heterocycles. The summed E-state index contributed by atoms with van der Waals surface area (Å²) < 4.78 is 17.3. The zero-order valence-corrected chi connectivity index (χ0v) is 43.0. The Hall–Kier alpha value is -6.14. The van der Waals surface area contributed by atoms with Gasteiger partial charge in [-0.05, 0) is 60.6 Å². The molecule has 1 fully saturated rings. The van der Waals surface area contributed by atoms with Crippen LogP contribution in [0.15, 0.2) is 196 Å². The van der Waals surface area contributed by atoms with Crippen LogP contribution in [-0.2, 0) is 49.7 Å². The maximum atomic E-state index is 14.4. The lowest BCUT2D eigenvalue weighted by Gasteiger charge is -2.49. The standard InChI is InChI=1S/C55H54IN5O7S2/c1-5-44(51(64)67-54(2,3)4)68-60-70-36-43(57-53(70)59-55(40-27-15-8-16-28-40,41-29-17-9-18-30-41)42-31-19-10-20-32-42)34-45(62)58-46-49(63)61-47(39(26-21-33-56)35-69-50(46)61)52(65)66-48(37-22-11-6-12-23-37)38-24-13-7-14-25-38/h6-32,36,44,46,48,50H,5,33-35H2,1-4H3,(H,57,59)(H,58,62)/b26-21-. The van der Waals surface area contributed by atoms with Crippen LogP contribution < -0.4 is 10.6 Å². The number of thioether (sulfide) groups is 1. The molecule has 70 heavy (non-hydrogen) atoms. The van der Waals surface area contributed by atoms with Crippen LogP contribution in [0.25, 0.3) is 0 Å². The summed E-state index contributed by atoms with van der Waals surface area (Å²) in [5.74, 6) is -1.60. The van der Waals surface area contributed by atoms with Crippen LogP contribution >= 0.6 is 34.4 Å². The van der Waals surface area contributed by atoms with E-state index >= 15 is 0 Å². The number of hydrogen-bond donors (Lipinski definition) is 2. The fourth-order valence-electron chi connectivity index (χ4n) is 8.35. The lowest BCUT2D eigenvalue weighted by atomic mass is 9.77. The highest BCUT2D eigenvalue weighted by molar-refractivity contribution is 14.1. The van der Waals surface area contributed by atoms with E-state index in [9.17, 15) is 19.2 Å². The van der Waals surface area contributed by atoms with E-state index in [0.29, 0.717) is 33.0 Å². The van der Waals surface area contributed by atoms with Crippen molar-refractivity contribution in [1.82, 2.24) is 15.5 Å². The number of ether oxygens (including phenoxy) is 2. The molecule has 3 aliphatic rings. The molecule has 0 spiro atoms. The van der Waals surface area contributed by atoms with E-state index in [-0.39, 0.29) is 12.1 Å². The van der Waals surface area contributed by atoms with Gasteiger partial charge in [0.15, 0.2) is 17.4 Å². The summed E-state index contributed by atoms with van der Waals surface area (Å²) in [6.45, 7) is 7.19. The molecule has 2 amide bonds. The van der Waals surface area contributed by atoms with E-state index in [0.717, 1.165) is 27.8 Å². The second kappa shape index (κ2) is 22.7. The minimum absolute atomic E-state index is 0.165. The van der Waals surface area contributed by atoms with Crippen molar-refractivity contribution in [2.75, 3.05) is 10.2 Å². The summed E-state index contributed by atoms with van der Waals surface area (Å²) in [5.41, 5.74) is 3.72. The molecule has 2 N–H and O–H groups in total. The predicted octanol–water partition coefficient (Wildman–Crippen LogP) is 10.0. The molecular formula is C55H54IN5O7S2. The van der Waals surface area contributed by atoms with Gasteiger partial charge in [0.25, 0.3) is 5.91 Å². The lowest BCUT2D eigenvalue weighted by molar-refractivity contribution is -0.168. The third-order valence-electron chi connectivity index (χ3n) is 11.6. The summed E-state index contributed by atoms with van der Waals surface area (Å²) in [5, 5.41) is 8.00. The number of carbonyl (C=O) groups is 4. The number of nitrogens with one attached hydrogen (secondary N) is 2. The first-order chi connectivity index (χ1) is 33.9. The normalized spacial score (nSPS) is 19.1. The maximum absolute atomic E-state index is 14.4. The Bertz CT molecular complexity index is 2700. The van der Waals surface area contributed by atoms with E-state index in [1.54, 1.807) is 26.2 Å². The van der Waals surface area contributed by atoms with Crippen molar-refractivity contribution in [3.63, 3.8) is 0 Å². The number of hydrogen-bond acceptors (Lipinski definition) is 10. The number of amidine groups is 1. The molecule has 5 aromatic rings. The van der Waals surface area contributed by atoms with Crippen molar-refractivity contribution >= 4 is 74.0 Å². The monoisotopic (exact) mass is 1090 g/mol. The molecule has 360 valence electrons. The Morgan fingerprint density at radius 2 is 1.37 bits per heavy atom. The summed E-state index contributed by atoms with van der Waals surface area (Å²) in [6, 6.07) is 47.9. The van der Waals surface area contributed by atoms with Crippen LogP contribution in [-0.4, -0.2) is 67.1 Å². The summed E-state index contributed by atoms with van der Waals surface area (Å²) >= 11 is 3.70. The van der Waals surface area contributed by atoms with E-state index in [1.165, 1.54) is 16.7 Å². The smallest absolute Gasteiger partial charge is 0.356 e. The molecule has 5 aromatic carbocycles. The van der Waals surface area contributed by atoms with Gasteiger partial charge in [0.05, 0.1) is 6.42 Å². The summed E-state index contributed by atoms with van der Waals surface area (Å²) in [4.78, 5) is 69.0. The zero-order valence-electron chi connectivity index (χ0n) is 39.2. The molecule has 0 aliphatic carbocycles. The van der Waals surface area contributed by atoms with Crippen molar-refractivity contribution in [1.29, 1.82) is 0 Å². The molecule has 0 bridgehead atoms. The van der Waals surface area contributed by atoms with E-state index in [1.807, 2.05) is 171 Å². The number of benzene rings is 5. The van der Waals surface area contributed by atoms with Crippen molar-refractivity contribution in [3.05, 3.63) is 214 Å². The van der Waals surface area contributed by atoms with Gasteiger partial charge in [0.1, 0.15) is 28.3 Å². The van der Waals surface area contributed by atoms with Gasteiger partial charge in [0, 0.05) is 32.0 Å². The van der Waals surface area contributed by atoms with Crippen LogP contribution in [0, 0.1) is 0 Å². The third kappa shape index (κ3) is 11.4. The number of β-lactam (4-membered cyclic amide) rings is 1. The summed E-state index contributed by atoms with van der Waals surface area (Å²) in [6.07, 6.45) is 2.23. The van der Waals surface area contributed by atoms with Crippen LogP contribution in [0.5, 0.6) is 0 Å². The number of rotatable bonds is 17. The van der Waals surface area contributed by atoms with Crippen molar-refractivity contribution in [3.8, 4) is 0 Å². The fraction of sp³-hybridized carbons (Fsp3) is 0.255. The SMILES string of the molecule is CCC(O/N=S1\C=C(CC(=O)NC2C(=O)N3C(C(=O)OC(c4ccccc4)c4ccccc4)=C(/C=C\CI)CSC23)NC1=NC(c1ccccc1)(c1ccccc1)c1ccccc1)C(=O)OC(C)(C)C. The van der Waals surface area contributed by atoms with Crippen LogP contribution in [0.2, 0.25) is 0 Å². The van der Waals surface area contributed by atoms with E-state index in [4.69, 9.17) is 19.3 Å². The van der Waals surface area contributed by atoms with Gasteiger partial charge >= 0.3 is 11.9 Å². The second-order valence-corrected chi connectivity index (χ2v) is 21.0. The average molecular weight is 1090 g/mol. The van der Waals surface area contributed by atoms with Crippen molar-refractivity contribution < 1.29 is 33.5 Å². The molecule has 8 rings (SSSR count). The number of nitrogens with zero attached hydrogens (tertiary/aromatic N) is 3. The molecule has 1 saturated heterocycles. The first-order valence-electron chi connectivity index (χ1n) is 23.0. The predicted molar refractivity (Wildman–Crippen MR) is 284 cm³/mol. The minimum Gasteiger partial charge on any atom is -0.458 e. The first-order valence-corrected chi connectivity index (χ1v) is 26.8. The molecule has 4 unspecified atom stereocenters. The highest BCUT2D eigenvalue weighted by Crippen LogP contribution is 2.43. The van der Waals surface area contributed by atoms with Gasteiger partial charge in [-0.2, -0.15) is 0 Å². The number of halogens is 1. The number of allylic oxidation sites excluding steroid dienone is 2. The Morgan fingerprint density at radius 1 is 0.843 bits per heavy atom. The molecule has 0 saturated carbocycles. The number of esters is 2. The third-order valence-corrected chi connectivity index (χ3v) is 14.7. The number of fused-ring (bicyclic) bond motifs is 1. The van der Waals surface area contributed by atoms with Crippen LogP contribution in [0.3, 0.4) is 0 Å². The van der Waals surface area contributed by atoms with Gasteiger partial charge < -0.3 is 20.1 Å². The van der Waals surface area contributed by atoms with Gasteiger partial charge in [-0.1, -0.05) is 198 Å². The Kier molecular flexibility index (Phi) is 16.3.